The highest BCUT2D eigenvalue weighted by Crippen LogP contribution is 2.28. The number of carbonyl (C=O) groups is 1. The molecular formula is C13H12N2O4S. The molecule has 1 aromatic heterocycles. The first-order valence-corrected chi connectivity index (χ1v) is 6.79. The second kappa shape index (κ2) is 6.16. The molecule has 20 heavy (non-hydrogen) atoms. The van der Waals surface area contributed by atoms with Gasteiger partial charge in [-0.05, 0) is 34.9 Å². The molecule has 0 aliphatic heterocycles. The number of thiophene rings is 1. The standard InChI is InChI=1S/C13H12N2O4S/c16-13(17)10-2-1-3-11(15(18)19)12(10)14-6-4-9-5-7-20-8-9/h1-3,5,7-8,14H,4,6H2,(H,16,17). The summed E-state index contributed by atoms with van der Waals surface area (Å²) in [7, 11) is 0. The molecule has 1 heterocycles. The second-order valence-corrected chi connectivity index (χ2v) is 4.85. The number of aromatic carboxylic acids is 1. The van der Waals surface area contributed by atoms with Gasteiger partial charge in [0.15, 0.2) is 0 Å². The van der Waals surface area contributed by atoms with Crippen LogP contribution in [0.15, 0.2) is 35.0 Å². The van der Waals surface area contributed by atoms with Crippen LogP contribution in [0.3, 0.4) is 0 Å². The van der Waals surface area contributed by atoms with E-state index in [0.717, 1.165) is 5.56 Å². The summed E-state index contributed by atoms with van der Waals surface area (Å²) < 4.78 is 0. The molecule has 7 heteroatoms. The van der Waals surface area contributed by atoms with Gasteiger partial charge in [-0.2, -0.15) is 11.3 Å². The van der Waals surface area contributed by atoms with Crippen molar-refractivity contribution in [1.82, 2.24) is 0 Å². The number of para-hydroxylation sites is 1. The van der Waals surface area contributed by atoms with E-state index < -0.39 is 10.9 Å². The van der Waals surface area contributed by atoms with Crippen LogP contribution >= 0.6 is 11.3 Å². The third-order valence-corrected chi connectivity index (χ3v) is 3.50. The first kappa shape index (κ1) is 14.0. The number of benzene rings is 1. The van der Waals surface area contributed by atoms with Gasteiger partial charge in [-0.25, -0.2) is 4.79 Å². The summed E-state index contributed by atoms with van der Waals surface area (Å²) in [6.45, 7) is 0.432. The predicted molar refractivity (Wildman–Crippen MR) is 76.6 cm³/mol. The maximum atomic E-state index is 11.1. The minimum Gasteiger partial charge on any atom is -0.478 e. The highest BCUT2D eigenvalue weighted by atomic mass is 32.1. The van der Waals surface area contributed by atoms with E-state index in [1.165, 1.54) is 18.2 Å². The zero-order chi connectivity index (χ0) is 14.5. The van der Waals surface area contributed by atoms with E-state index in [-0.39, 0.29) is 16.9 Å². The van der Waals surface area contributed by atoms with Crippen LogP contribution in [-0.2, 0) is 6.42 Å². The molecule has 0 radical (unpaired) electrons. The number of hydrogen-bond donors (Lipinski definition) is 2. The van der Waals surface area contributed by atoms with Crippen molar-refractivity contribution in [3.63, 3.8) is 0 Å². The van der Waals surface area contributed by atoms with Gasteiger partial charge < -0.3 is 10.4 Å². The van der Waals surface area contributed by atoms with Crippen molar-refractivity contribution in [2.75, 3.05) is 11.9 Å². The van der Waals surface area contributed by atoms with Crippen LogP contribution in [0.4, 0.5) is 11.4 Å². The summed E-state index contributed by atoms with van der Waals surface area (Å²) in [5, 5.41) is 26.9. The molecule has 0 amide bonds. The molecule has 6 nitrogen and oxygen atoms in total. The van der Waals surface area contributed by atoms with E-state index in [4.69, 9.17) is 5.11 Å². The molecule has 2 rings (SSSR count). The molecule has 0 saturated heterocycles. The molecule has 2 aromatic rings. The number of nitro benzene ring substituents is 1. The number of nitrogens with one attached hydrogen (secondary N) is 1. The van der Waals surface area contributed by atoms with Crippen molar-refractivity contribution in [1.29, 1.82) is 0 Å². The van der Waals surface area contributed by atoms with E-state index in [1.807, 2.05) is 16.8 Å². The van der Waals surface area contributed by atoms with Gasteiger partial charge >= 0.3 is 5.97 Å². The SMILES string of the molecule is O=C(O)c1cccc([N+](=O)[O-])c1NCCc1ccsc1. The molecule has 0 unspecified atom stereocenters. The van der Waals surface area contributed by atoms with Crippen molar-refractivity contribution < 1.29 is 14.8 Å². The lowest BCUT2D eigenvalue weighted by Gasteiger charge is -2.09. The average Bonchev–Trinajstić information content (AvgIpc) is 2.91. The molecule has 0 aliphatic carbocycles. The Hall–Kier alpha value is -2.41. The third kappa shape index (κ3) is 3.12. The van der Waals surface area contributed by atoms with Crippen molar-refractivity contribution in [2.45, 2.75) is 6.42 Å². The number of anilines is 1. The van der Waals surface area contributed by atoms with E-state index in [0.29, 0.717) is 13.0 Å². The first-order chi connectivity index (χ1) is 9.59. The fraction of sp³-hybridized carbons (Fsp3) is 0.154. The van der Waals surface area contributed by atoms with Crippen molar-refractivity contribution in [2.24, 2.45) is 0 Å². The maximum absolute atomic E-state index is 11.1. The number of carboxylic acid groups (broad SMARTS) is 1. The van der Waals surface area contributed by atoms with E-state index >= 15 is 0 Å². The predicted octanol–water partition coefficient (Wildman–Crippen LogP) is 3.01. The zero-order valence-corrected chi connectivity index (χ0v) is 11.2. The number of rotatable bonds is 6. The number of hydrogen-bond acceptors (Lipinski definition) is 5. The van der Waals surface area contributed by atoms with Gasteiger partial charge in [-0.3, -0.25) is 10.1 Å². The van der Waals surface area contributed by atoms with Gasteiger partial charge in [0.05, 0.1) is 10.5 Å². The molecule has 0 fully saturated rings. The Morgan fingerprint density at radius 3 is 2.80 bits per heavy atom. The summed E-state index contributed by atoms with van der Waals surface area (Å²) >= 11 is 1.57. The Morgan fingerprint density at radius 1 is 1.40 bits per heavy atom. The lowest BCUT2D eigenvalue weighted by molar-refractivity contribution is -0.384. The smallest absolute Gasteiger partial charge is 0.338 e. The molecule has 0 atom stereocenters. The van der Waals surface area contributed by atoms with Gasteiger partial charge in [0.1, 0.15) is 5.69 Å². The monoisotopic (exact) mass is 292 g/mol. The summed E-state index contributed by atoms with van der Waals surface area (Å²) in [4.78, 5) is 21.5. The quantitative estimate of drug-likeness (QED) is 0.630. The molecule has 0 saturated carbocycles. The Bertz CT molecular complexity index is 593. The largest absolute Gasteiger partial charge is 0.478 e. The van der Waals surface area contributed by atoms with Gasteiger partial charge in [-0.15, -0.1) is 0 Å². The molecule has 0 bridgehead atoms. The van der Waals surface area contributed by atoms with E-state index in [2.05, 4.69) is 5.32 Å². The van der Waals surface area contributed by atoms with Crippen LogP contribution in [0.25, 0.3) is 0 Å². The number of nitrogens with zero attached hydrogens (tertiary/aromatic N) is 1. The van der Waals surface area contributed by atoms with Crippen LogP contribution in [-0.4, -0.2) is 22.5 Å². The summed E-state index contributed by atoms with van der Waals surface area (Å²) in [6, 6.07) is 5.97. The highest BCUT2D eigenvalue weighted by molar-refractivity contribution is 7.07. The number of nitro groups is 1. The lowest BCUT2D eigenvalue weighted by atomic mass is 10.1. The summed E-state index contributed by atoms with van der Waals surface area (Å²) in [5.74, 6) is -1.19. The van der Waals surface area contributed by atoms with Crippen molar-refractivity contribution in [3.05, 3.63) is 56.3 Å². The van der Waals surface area contributed by atoms with Crippen molar-refractivity contribution in [3.8, 4) is 0 Å². The molecule has 104 valence electrons. The summed E-state index contributed by atoms with van der Waals surface area (Å²) in [6.07, 6.45) is 0.675. The second-order valence-electron chi connectivity index (χ2n) is 4.07. The van der Waals surface area contributed by atoms with Crippen LogP contribution in [0.1, 0.15) is 15.9 Å². The Labute approximate surface area is 118 Å². The lowest BCUT2D eigenvalue weighted by Crippen LogP contribution is -2.11. The molecular weight excluding hydrogens is 280 g/mol. The van der Waals surface area contributed by atoms with Gasteiger partial charge in [0.25, 0.3) is 5.69 Å². The maximum Gasteiger partial charge on any atom is 0.338 e. The first-order valence-electron chi connectivity index (χ1n) is 5.85. The van der Waals surface area contributed by atoms with Crippen LogP contribution in [0.2, 0.25) is 0 Å². The van der Waals surface area contributed by atoms with Crippen LogP contribution in [0, 0.1) is 10.1 Å². The Balaban J connectivity index is 2.19. The van der Waals surface area contributed by atoms with E-state index in [9.17, 15) is 14.9 Å². The topological polar surface area (TPSA) is 92.5 Å². The fourth-order valence-corrected chi connectivity index (χ4v) is 2.53. The molecule has 0 aliphatic rings. The van der Waals surface area contributed by atoms with Crippen molar-refractivity contribution >= 4 is 28.7 Å². The summed E-state index contributed by atoms with van der Waals surface area (Å²) in [5.41, 5.74) is 0.845. The molecule has 1 aromatic carbocycles. The minimum absolute atomic E-state index is 0.0558. The van der Waals surface area contributed by atoms with Crippen LogP contribution in [0.5, 0.6) is 0 Å². The van der Waals surface area contributed by atoms with Gasteiger partial charge in [0.2, 0.25) is 0 Å². The third-order valence-electron chi connectivity index (χ3n) is 2.77. The fourth-order valence-electron chi connectivity index (χ4n) is 1.82. The van der Waals surface area contributed by atoms with Crippen LogP contribution < -0.4 is 5.32 Å². The molecule has 0 spiro atoms. The van der Waals surface area contributed by atoms with Gasteiger partial charge in [-0.1, -0.05) is 6.07 Å². The van der Waals surface area contributed by atoms with E-state index in [1.54, 1.807) is 11.3 Å². The average molecular weight is 292 g/mol. The Kier molecular flexibility index (Phi) is 4.31. The molecule has 2 N–H and O–H groups in total. The normalized spacial score (nSPS) is 10.2. The minimum atomic E-state index is -1.19. The zero-order valence-electron chi connectivity index (χ0n) is 10.4. The Morgan fingerprint density at radius 2 is 2.20 bits per heavy atom. The number of carboxylic acids is 1. The van der Waals surface area contributed by atoms with Gasteiger partial charge in [0, 0.05) is 12.6 Å². The highest BCUT2D eigenvalue weighted by Gasteiger charge is 2.20.